The van der Waals surface area contributed by atoms with E-state index in [0.29, 0.717) is 11.5 Å². The minimum absolute atomic E-state index is 0.145. The smallest absolute Gasteiger partial charge is 0.301 e. The molecule has 0 saturated heterocycles. The molecule has 2 N–H and O–H groups in total. The zero-order valence-electron chi connectivity index (χ0n) is 9.39. The van der Waals surface area contributed by atoms with Gasteiger partial charge in [-0.3, -0.25) is 10.1 Å². The van der Waals surface area contributed by atoms with Crippen LogP contribution in [0.5, 0.6) is 0 Å². The number of anilines is 2. The molecule has 0 aliphatic carbocycles. The van der Waals surface area contributed by atoms with Gasteiger partial charge in [0.2, 0.25) is 0 Å². The Balaban J connectivity index is 2.09. The monoisotopic (exact) mass is 233 g/mol. The van der Waals surface area contributed by atoms with Gasteiger partial charge in [0.15, 0.2) is 0 Å². The molecule has 0 saturated carbocycles. The van der Waals surface area contributed by atoms with Crippen LogP contribution in [0, 0.1) is 6.92 Å². The van der Waals surface area contributed by atoms with Crippen LogP contribution in [-0.2, 0) is 0 Å². The summed E-state index contributed by atoms with van der Waals surface area (Å²) < 4.78 is 5.00. The molecule has 0 aromatic carbocycles. The molecule has 0 atom stereocenters. The highest BCUT2D eigenvalue weighted by Gasteiger charge is 2.11. The van der Waals surface area contributed by atoms with Crippen molar-refractivity contribution in [3.63, 3.8) is 0 Å². The topological polar surface area (TPSA) is 92.9 Å². The molecule has 2 rings (SSSR count). The lowest BCUT2D eigenvalue weighted by molar-refractivity contribution is 0.101. The number of oxazole rings is 1. The van der Waals surface area contributed by atoms with Gasteiger partial charge >= 0.3 is 6.01 Å². The van der Waals surface area contributed by atoms with E-state index in [-0.39, 0.29) is 11.7 Å². The third-order valence-electron chi connectivity index (χ3n) is 1.98. The Morgan fingerprint density at radius 3 is 2.71 bits per heavy atom. The fourth-order valence-electron chi connectivity index (χ4n) is 1.15. The van der Waals surface area contributed by atoms with E-state index in [1.807, 2.05) is 0 Å². The summed E-state index contributed by atoms with van der Waals surface area (Å²) in [7, 11) is 1.72. The molecule has 2 heterocycles. The summed E-state index contributed by atoms with van der Waals surface area (Å²) in [6.45, 7) is 1.76. The Morgan fingerprint density at radius 2 is 2.18 bits per heavy atom. The van der Waals surface area contributed by atoms with Crippen molar-refractivity contribution in [1.82, 2.24) is 15.0 Å². The van der Waals surface area contributed by atoms with Crippen molar-refractivity contribution in [1.29, 1.82) is 0 Å². The van der Waals surface area contributed by atoms with Crippen LogP contribution in [0.2, 0.25) is 0 Å². The molecule has 88 valence electrons. The first-order valence-electron chi connectivity index (χ1n) is 4.92. The molecule has 0 fully saturated rings. The third kappa shape index (κ3) is 2.57. The number of amides is 1. The second kappa shape index (κ2) is 4.60. The maximum absolute atomic E-state index is 11.7. The zero-order valence-corrected chi connectivity index (χ0v) is 9.39. The largest absolute Gasteiger partial charge is 0.432 e. The Labute approximate surface area is 97.3 Å². The molecule has 2 aromatic rings. The van der Waals surface area contributed by atoms with Gasteiger partial charge in [0.1, 0.15) is 17.8 Å². The highest BCUT2D eigenvalue weighted by atomic mass is 16.4. The fourth-order valence-corrected chi connectivity index (χ4v) is 1.15. The Hall–Kier alpha value is -2.44. The lowest BCUT2D eigenvalue weighted by atomic mass is 10.4. The van der Waals surface area contributed by atoms with Crippen molar-refractivity contribution >= 4 is 17.7 Å². The van der Waals surface area contributed by atoms with Gasteiger partial charge in [0.05, 0.1) is 18.1 Å². The highest BCUT2D eigenvalue weighted by Crippen LogP contribution is 2.08. The summed E-state index contributed by atoms with van der Waals surface area (Å²) in [5, 5.41) is 5.29. The van der Waals surface area contributed by atoms with E-state index in [1.165, 1.54) is 18.7 Å². The van der Waals surface area contributed by atoms with Crippen LogP contribution in [0.3, 0.4) is 0 Å². The predicted molar refractivity (Wildman–Crippen MR) is 60.8 cm³/mol. The van der Waals surface area contributed by atoms with E-state index in [2.05, 4.69) is 25.6 Å². The predicted octanol–water partition coefficient (Wildman–Crippen LogP) is 1.07. The van der Waals surface area contributed by atoms with Crippen LogP contribution >= 0.6 is 0 Å². The van der Waals surface area contributed by atoms with E-state index in [1.54, 1.807) is 14.0 Å². The maximum Gasteiger partial charge on any atom is 0.301 e. The minimum atomic E-state index is -0.415. The van der Waals surface area contributed by atoms with E-state index < -0.39 is 5.91 Å². The molecule has 0 aliphatic heterocycles. The molecular weight excluding hydrogens is 222 g/mol. The van der Waals surface area contributed by atoms with Gasteiger partial charge in [-0.2, -0.15) is 4.98 Å². The first-order valence-corrected chi connectivity index (χ1v) is 4.92. The molecule has 0 aliphatic rings. The summed E-state index contributed by atoms with van der Waals surface area (Å²) in [6, 6.07) is 0.145. The number of aromatic nitrogens is 3. The number of aryl methyl sites for hydroxylation is 1. The van der Waals surface area contributed by atoms with Crippen LogP contribution in [-0.4, -0.2) is 27.9 Å². The first kappa shape index (κ1) is 11.1. The molecular formula is C10H11N5O2. The average molecular weight is 233 g/mol. The number of carbonyl (C=O) groups excluding carboxylic acids is 1. The molecule has 0 unspecified atom stereocenters. The quantitative estimate of drug-likeness (QED) is 0.823. The van der Waals surface area contributed by atoms with E-state index >= 15 is 0 Å². The lowest BCUT2D eigenvalue weighted by Gasteiger charge is -2.01. The number of rotatable bonds is 3. The molecule has 0 spiro atoms. The summed E-state index contributed by atoms with van der Waals surface area (Å²) in [4.78, 5) is 23.6. The van der Waals surface area contributed by atoms with Crippen LogP contribution in [0.4, 0.5) is 11.8 Å². The van der Waals surface area contributed by atoms with E-state index in [0.717, 1.165) is 0 Å². The van der Waals surface area contributed by atoms with Crippen LogP contribution in [0.1, 0.15) is 16.2 Å². The van der Waals surface area contributed by atoms with Gasteiger partial charge in [-0.15, -0.1) is 0 Å². The maximum atomic E-state index is 11.7. The van der Waals surface area contributed by atoms with Crippen molar-refractivity contribution in [3.8, 4) is 0 Å². The number of carbonyl (C=O) groups is 1. The molecule has 2 aromatic heterocycles. The molecule has 1 amide bonds. The Kier molecular flexibility index (Phi) is 2.99. The van der Waals surface area contributed by atoms with Gasteiger partial charge in [-0.25, -0.2) is 9.97 Å². The normalized spacial score (nSPS) is 10.0. The van der Waals surface area contributed by atoms with Gasteiger partial charge in [0.25, 0.3) is 5.91 Å². The van der Waals surface area contributed by atoms with Crippen molar-refractivity contribution in [2.24, 2.45) is 0 Å². The van der Waals surface area contributed by atoms with Crippen LogP contribution < -0.4 is 10.6 Å². The number of hydrogen-bond donors (Lipinski definition) is 2. The zero-order chi connectivity index (χ0) is 12.3. The summed E-state index contributed by atoms with van der Waals surface area (Å²) >= 11 is 0. The minimum Gasteiger partial charge on any atom is -0.432 e. The van der Waals surface area contributed by atoms with Crippen LogP contribution in [0.15, 0.2) is 23.1 Å². The van der Waals surface area contributed by atoms with Crippen molar-refractivity contribution in [2.75, 3.05) is 17.7 Å². The first-order chi connectivity index (χ1) is 8.19. The van der Waals surface area contributed by atoms with Crippen molar-refractivity contribution in [2.45, 2.75) is 6.92 Å². The van der Waals surface area contributed by atoms with Gasteiger partial charge in [-0.05, 0) is 6.92 Å². The second-order valence-electron chi connectivity index (χ2n) is 3.29. The van der Waals surface area contributed by atoms with Crippen molar-refractivity contribution in [3.05, 3.63) is 30.0 Å². The second-order valence-corrected chi connectivity index (χ2v) is 3.29. The molecule has 7 nitrogen and oxygen atoms in total. The number of nitrogens with one attached hydrogen (secondary N) is 2. The van der Waals surface area contributed by atoms with Gasteiger partial charge in [-0.1, -0.05) is 0 Å². The standard InChI is InChI=1S/C10H11N5O2/c1-6-5-17-10(14-6)15-9(16)7-3-13-8(11-2)4-12-7/h3-5H,1-2H3,(H,11,13)(H,14,15,16). The Bertz CT molecular complexity index is 520. The fraction of sp³-hybridized carbons (Fsp3) is 0.200. The summed E-state index contributed by atoms with van der Waals surface area (Å²) in [5.74, 6) is 0.176. The average Bonchev–Trinajstić information content (AvgIpc) is 2.75. The molecule has 17 heavy (non-hydrogen) atoms. The highest BCUT2D eigenvalue weighted by molar-refractivity contribution is 6.01. The summed E-state index contributed by atoms with van der Waals surface area (Å²) in [5.41, 5.74) is 0.886. The lowest BCUT2D eigenvalue weighted by Crippen LogP contribution is -2.14. The Morgan fingerprint density at radius 1 is 1.35 bits per heavy atom. The van der Waals surface area contributed by atoms with Gasteiger partial charge in [0, 0.05) is 7.05 Å². The number of nitrogens with zero attached hydrogens (tertiary/aromatic N) is 3. The third-order valence-corrected chi connectivity index (χ3v) is 1.98. The van der Waals surface area contributed by atoms with E-state index in [9.17, 15) is 4.79 Å². The molecule has 0 bridgehead atoms. The molecule has 7 heteroatoms. The van der Waals surface area contributed by atoms with E-state index in [4.69, 9.17) is 4.42 Å². The SMILES string of the molecule is CNc1cnc(C(=O)Nc2nc(C)co2)cn1. The van der Waals surface area contributed by atoms with Crippen LogP contribution in [0.25, 0.3) is 0 Å². The summed E-state index contributed by atoms with van der Waals surface area (Å²) in [6.07, 6.45) is 4.29. The molecule has 0 radical (unpaired) electrons. The van der Waals surface area contributed by atoms with Crippen molar-refractivity contribution < 1.29 is 9.21 Å². The van der Waals surface area contributed by atoms with Gasteiger partial charge < -0.3 is 9.73 Å². The number of hydrogen-bond acceptors (Lipinski definition) is 6.